The van der Waals surface area contributed by atoms with Gasteiger partial charge in [-0.05, 0) is 171 Å². The highest BCUT2D eigenvalue weighted by molar-refractivity contribution is 6.10. The lowest BCUT2D eigenvalue weighted by Gasteiger charge is -2.26. The summed E-state index contributed by atoms with van der Waals surface area (Å²) in [5.41, 5.74) is 20.3. The minimum atomic E-state index is -0.0137. The minimum absolute atomic E-state index is 0.0137. The first-order chi connectivity index (χ1) is 41.4. The van der Waals surface area contributed by atoms with Gasteiger partial charge in [-0.3, -0.25) is 24.5 Å². The van der Waals surface area contributed by atoms with Crippen molar-refractivity contribution in [3.8, 4) is 62.6 Å². The number of hydrogen-bond acceptors (Lipinski definition) is 11. The van der Waals surface area contributed by atoms with Crippen molar-refractivity contribution in [2.75, 3.05) is 4.90 Å². The zero-order chi connectivity index (χ0) is 55.8. The van der Waals surface area contributed by atoms with Gasteiger partial charge in [0.15, 0.2) is 11.6 Å². The molecule has 0 fully saturated rings. The summed E-state index contributed by atoms with van der Waals surface area (Å²) < 4.78 is 14.9. The van der Waals surface area contributed by atoms with Gasteiger partial charge >= 0.3 is 0 Å². The van der Waals surface area contributed by atoms with Crippen molar-refractivity contribution in [3.05, 3.63) is 240 Å². The number of hydrogen-bond donors (Lipinski definition) is 0. The minimum Gasteiger partial charge on any atom is -0.442 e. The number of aliphatic imine (C=N–C) groups is 1. The fraction of sp³-hybridized carbons (Fsp3) is 0.167. The highest BCUT2D eigenvalue weighted by Gasteiger charge is 2.40. The number of pyridine rings is 5. The van der Waals surface area contributed by atoms with Crippen LogP contribution in [0.3, 0.4) is 0 Å². The van der Waals surface area contributed by atoms with E-state index in [1.807, 2.05) is 37.6 Å². The normalized spacial score (nSPS) is 18.7. The third-order valence-corrected chi connectivity index (χ3v) is 17.4. The third kappa shape index (κ3) is 8.67. The smallest absolute Gasteiger partial charge is 0.228 e. The number of benzene rings is 3. The van der Waals surface area contributed by atoms with Gasteiger partial charge in [-0.1, -0.05) is 78.9 Å². The van der Waals surface area contributed by atoms with E-state index in [0.29, 0.717) is 23.5 Å². The number of oxazole rings is 2. The molecule has 11 aromatic rings. The van der Waals surface area contributed by atoms with Crippen molar-refractivity contribution in [1.29, 1.82) is 0 Å². The number of rotatable bonds is 10. The van der Waals surface area contributed by atoms with Crippen molar-refractivity contribution >= 4 is 51.2 Å². The molecule has 84 heavy (non-hydrogen) atoms. The summed E-state index contributed by atoms with van der Waals surface area (Å²) in [7, 11) is 0. The maximum Gasteiger partial charge on any atom is 0.228 e. The van der Waals surface area contributed by atoms with Crippen LogP contribution in [0.1, 0.15) is 96.2 Å². The molecule has 0 saturated carbocycles. The summed E-state index contributed by atoms with van der Waals surface area (Å²) in [6.45, 7) is 4.07. The highest BCUT2D eigenvalue weighted by Crippen LogP contribution is 2.49. The van der Waals surface area contributed by atoms with Crippen molar-refractivity contribution < 1.29 is 8.83 Å². The molecular formula is C72H56N10O2. The first kappa shape index (κ1) is 49.6. The van der Waals surface area contributed by atoms with Crippen LogP contribution < -0.4 is 4.90 Å². The molecule has 406 valence electrons. The Kier molecular flexibility index (Phi) is 12.0. The van der Waals surface area contributed by atoms with Gasteiger partial charge in [0.2, 0.25) is 11.8 Å². The maximum atomic E-state index is 6.39. The van der Waals surface area contributed by atoms with Crippen molar-refractivity contribution in [2.45, 2.75) is 76.2 Å². The van der Waals surface area contributed by atoms with Gasteiger partial charge in [0.25, 0.3) is 0 Å². The lowest BCUT2D eigenvalue weighted by molar-refractivity contribution is 0.539. The molecule has 4 unspecified atom stereocenters. The predicted octanol–water partition coefficient (Wildman–Crippen LogP) is 16.9. The second-order valence-electron chi connectivity index (χ2n) is 22.6. The fourth-order valence-corrected chi connectivity index (χ4v) is 13.3. The SMILES string of the molecule is CC1=CC2C(C=N1)c1cc(-c3cccc(-c4ncccc4C4C=CC=CC4)n3)ccc1N2c1coc(C2=Cc3ccc(-c4nc(-n5c6ccc(-c7cccc(-c8ncccc8C8C=CCCC8)n7)cc6c6cnc(C)cc65)co4)cc3CC2)n1. The van der Waals surface area contributed by atoms with Crippen LogP contribution in [0.15, 0.2) is 215 Å². The van der Waals surface area contributed by atoms with Crippen LogP contribution in [0, 0.1) is 6.92 Å². The summed E-state index contributed by atoms with van der Waals surface area (Å²) in [5, 5.41) is 2.09. The summed E-state index contributed by atoms with van der Waals surface area (Å²) >= 11 is 0. The molecule has 5 aliphatic rings. The van der Waals surface area contributed by atoms with Crippen molar-refractivity contribution in [2.24, 2.45) is 4.99 Å². The quantitative estimate of drug-likeness (QED) is 0.122. The van der Waals surface area contributed by atoms with Gasteiger partial charge in [0.05, 0.1) is 51.2 Å². The average molecular weight is 1090 g/mol. The molecule has 3 aliphatic carbocycles. The Bertz CT molecular complexity index is 4660. The van der Waals surface area contributed by atoms with Gasteiger partial charge in [0.1, 0.15) is 12.5 Å². The number of aryl methyl sites for hydroxylation is 2. The standard InChI is InChI=1S/C72H56N10O2/c1-43-33-65-57(39-75-43)55-37-49(59-19-9-21-61(77-59)69-53(17-11-31-73-69)45-13-5-3-6-14-45)27-29-63(55)81(65)67-41-83-71(79-67)51-25-23-48-36-52(26-24-47(48)35-51)72-80-68(42-84-72)82-64-30-28-50(38-56(64)58-40-76-44(2)34-66(58)82)60-20-10-22-62(78-60)70-54(18-12-32-74-70)46-15-7-4-8-16-46/h3,5-7,9-13,15,17-22,24,26-42,45-46,57,65H,4,8,14,16,23,25H2,1-2H3. The summed E-state index contributed by atoms with van der Waals surface area (Å²) in [6, 6.07) is 42.6. The van der Waals surface area contributed by atoms with E-state index in [-0.39, 0.29) is 17.9 Å². The largest absolute Gasteiger partial charge is 0.442 e. The Hall–Kier alpha value is -10.2. The van der Waals surface area contributed by atoms with E-state index in [2.05, 4.69) is 180 Å². The third-order valence-electron chi connectivity index (χ3n) is 17.4. The van der Waals surface area contributed by atoms with E-state index in [1.54, 1.807) is 12.5 Å². The zero-order valence-corrected chi connectivity index (χ0v) is 46.5. The average Bonchev–Trinajstić information content (AvgIpc) is 2.39. The molecule has 0 spiro atoms. The zero-order valence-electron chi connectivity index (χ0n) is 46.5. The lowest BCUT2D eigenvalue weighted by atomic mass is 9.87. The number of anilines is 2. The fourth-order valence-electron chi connectivity index (χ4n) is 13.3. The molecule has 0 amide bonds. The van der Waals surface area contributed by atoms with E-state index in [4.69, 9.17) is 48.7 Å². The van der Waals surface area contributed by atoms with Crippen molar-refractivity contribution in [1.82, 2.24) is 39.5 Å². The molecule has 0 saturated heterocycles. The molecule has 8 aromatic heterocycles. The number of nitrogens with zero attached hydrogens (tertiary/aromatic N) is 10. The Morgan fingerprint density at radius 2 is 1.33 bits per heavy atom. The second-order valence-corrected chi connectivity index (χ2v) is 22.6. The van der Waals surface area contributed by atoms with Crippen molar-refractivity contribution in [3.63, 3.8) is 0 Å². The van der Waals surface area contributed by atoms with Gasteiger partial charge in [-0.2, -0.15) is 9.97 Å². The van der Waals surface area contributed by atoms with Gasteiger partial charge in [-0.25, -0.2) is 9.97 Å². The van der Waals surface area contributed by atoms with Crippen LogP contribution in [0.5, 0.6) is 0 Å². The van der Waals surface area contributed by atoms with E-state index in [0.717, 1.165) is 139 Å². The Morgan fingerprint density at radius 3 is 2.13 bits per heavy atom. The first-order valence-corrected chi connectivity index (χ1v) is 29.1. The molecule has 4 atom stereocenters. The highest BCUT2D eigenvalue weighted by atomic mass is 16.3. The molecular weight excluding hydrogens is 1040 g/mol. The molecule has 0 bridgehead atoms. The Balaban J connectivity index is 0.665. The number of fused-ring (bicyclic) bond motifs is 7. The van der Waals surface area contributed by atoms with Gasteiger partial charge < -0.3 is 13.7 Å². The van der Waals surface area contributed by atoms with Gasteiger partial charge in [0, 0.05) is 92.7 Å². The van der Waals surface area contributed by atoms with Gasteiger partial charge in [-0.15, -0.1) is 0 Å². The number of aromatic nitrogens is 8. The molecule has 10 heterocycles. The van der Waals surface area contributed by atoms with Crippen LogP contribution in [0.2, 0.25) is 0 Å². The summed E-state index contributed by atoms with van der Waals surface area (Å²) in [4.78, 5) is 42.4. The van der Waals surface area contributed by atoms with E-state index >= 15 is 0 Å². The second kappa shape index (κ2) is 20.4. The molecule has 12 nitrogen and oxygen atoms in total. The first-order valence-electron chi connectivity index (χ1n) is 29.1. The Labute approximate surface area is 485 Å². The monoisotopic (exact) mass is 1090 g/mol. The Morgan fingerprint density at radius 1 is 0.583 bits per heavy atom. The summed E-state index contributed by atoms with van der Waals surface area (Å²) in [6.07, 6.45) is 35.0. The van der Waals surface area contributed by atoms with Crippen LogP contribution in [0.25, 0.3) is 96.0 Å². The topological polar surface area (TPSA) is 137 Å². The number of allylic oxidation sites excluding steroid dienone is 8. The van der Waals surface area contributed by atoms with E-state index in [9.17, 15) is 0 Å². The van der Waals surface area contributed by atoms with Crippen LogP contribution in [0.4, 0.5) is 11.5 Å². The maximum absolute atomic E-state index is 6.39. The molecule has 0 radical (unpaired) electrons. The molecule has 12 heteroatoms. The summed E-state index contributed by atoms with van der Waals surface area (Å²) in [5.74, 6) is 3.27. The van der Waals surface area contributed by atoms with Crippen LogP contribution >= 0.6 is 0 Å². The predicted molar refractivity (Wildman–Crippen MR) is 333 cm³/mol. The molecule has 16 rings (SSSR count). The van der Waals surface area contributed by atoms with Crippen LogP contribution in [-0.2, 0) is 6.42 Å². The lowest BCUT2D eigenvalue weighted by Crippen LogP contribution is -2.30. The molecule has 2 aliphatic heterocycles. The molecule has 3 aromatic carbocycles. The van der Waals surface area contributed by atoms with E-state index in [1.165, 1.54) is 28.7 Å². The van der Waals surface area contributed by atoms with E-state index < -0.39 is 0 Å². The molecule has 0 N–H and O–H groups in total. The van der Waals surface area contributed by atoms with Crippen LogP contribution in [-0.4, -0.2) is 51.7 Å².